The third-order valence-electron chi connectivity index (χ3n) is 5.33. The summed E-state index contributed by atoms with van der Waals surface area (Å²) < 4.78 is 12.9. The summed E-state index contributed by atoms with van der Waals surface area (Å²) in [6, 6.07) is 13.4. The van der Waals surface area contributed by atoms with Crippen molar-refractivity contribution in [2.24, 2.45) is 0 Å². The average molecular weight is 499 g/mol. The van der Waals surface area contributed by atoms with E-state index in [1.807, 2.05) is 0 Å². The third-order valence-corrected chi connectivity index (χ3v) is 6.32. The molecule has 0 fully saturated rings. The number of carbonyl (C=O) groups is 2. The van der Waals surface area contributed by atoms with E-state index in [0.29, 0.717) is 26.7 Å². The molecule has 2 aromatic carbocycles. The molecule has 2 heterocycles. The minimum Gasteiger partial charge on any atom is -0.493 e. The zero-order valence-electron chi connectivity index (χ0n) is 18.8. The lowest BCUT2D eigenvalue weighted by molar-refractivity contribution is -0.110. The SMILES string of the molecule is COc1cc(/C=c2/c(=O)nc3sc(=C4C=CC(=O)C=C4)[nH]n-3c2=N)ccc1OC(=O)c1ccccc1. The Morgan fingerprint density at radius 1 is 1.06 bits per heavy atom. The Morgan fingerprint density at radius 3 is 2.53 bits per heavy atom. The van der Waals surface area contributed by atoms with E-state index < -0.39 is 11.5 Å². The van der Waals surface area contributed by atoms with Gasteiger partial charge in [0.25, 0.3) is 5.56 Å². The number of allylic oxidation sites excluding steroid dienone is 4. The van der Waals surface area contributed by atoms with Crippen LogP contribution in [0.3, 0.4) is 0 Å². The van der Waals surface area contributed by atoms with E-state index in [2.05, 4.69) is 10.1 Å². The number of methoxy groups -OCH3 is 1. The number of hydrogen-bond donors (Lipinski definition) is 2. The number of benzene rings is 2. The van der Waals surface area contributed by atoms with Crippen molar-refractivity contribution in [3.63, 3.8) is 0 Å². The molecule has 36 heavy (non-hydrogen) atoms. The van der Waals surface area contributed by atoms with E-state index in [9.17, 15) is 14.4 Å². The van der Waals surface area contributed by atoms with E-state index in [4.69, 9.17) is 14.9 Å². The molecule has 2 aromatic rings. The van der Waals surface area contributed by atoms with Crippen molar-refractivity contribution in [3.8, 4) is 16.6 Å². The summed E-state index contributed by atoms with van der Waals surface area (Å²) in [6.45, 7) is 0. The number of hydrogen-bond acceptors (Lipinski definition) is 8. The first-order valence-electron chi connectivity index (χ1n) is 10.7. The van der Waals surface area contributed by atoms with Crippen LogP contribution in [0.15, 0.2) is 77.6 Å². The highest BCUT2D eigenvalue weighted by atomic mass is 32.1. The number of rotatable bonds is 4. The molecule has 3 aliphatic rings. The van der Waals surface area contributed by atoms with Crippen molar-refractivity contribution in [2.75, 3.05) is 7.11 Å². The number of H-pyrrole nitrogens is 1. The molecule has 0 saturated carbocycles. The van der Waals surface area contributed by atoms with Gasteiger partial charge >= 0.3 is 5.97 Å². The molecule has 2 N–H and O–H groups in total. The third kappa shape index (κ3) is 4.44. The molecule has 0 amide bonds. The number of nitrogens with zero attached hydrogens (tertiary/aromatic N) is 2. The summed E-state index contributed by atoms with van der Waals surface area (Å²) >= 11 is 1.20. The van der Waals surface area contributed by atoms with Gasteiger partial charge in [0.05, 0.1) is 17.9 Å². The molecule has 0 aromatic heterocycles. The molecule has 0 bridgehead atoms. The molecule has 5 rings (SSSR count). The van der Waals surface area contributed by atoms with Crippen molar-refractivity contribution in [3.05, 3.63) is 110 Å². The van der Waals surface area contributed by atoms with Crippen molar-refractivity contribution >= 4 is 34.7 Å². The molecule has 0 unspecified atom stereocenters. The largest absolute Gasteiger partial charge is 0.493 e. The van der Waals surface area contributed by atoms with E-state index in [1.54, 1.807) is 60.7 Å². The fourth-order valence-corrected chi connectivity index (χ4v) is 4.45. The molecule has 178 valence electrons. The van der Waals surface area contributed by atoms with Crippen LogP contribution in [-0.2, 0) is 4.79 Å². The Balaban J connectivity index is 1.54. The van der Waals surface area contributed by atoms with Crippen LogP contribution in [0.25, 0.3) is 16.8 Å². The molecule has 10 heteroatoms. The Bertz CT molecular complexity index is 1760. The van der Waals surface area contributed by atoms with Crippen LogP contribution >= 0.6 is 11.3 Å². The summed E-state index contributed by atoms with van der Waals surface area (Å²) in [5.41, 5.74) is 1.06. The predicted octanol–water partition coefficient (Wildman–Crippen LogP) is 1.44. The summed E-state index contributed by atoms with van der Waals surface area (Å²) in [4.78, 5) is 40.7. The normalized spacial score (nSPS) is 13.4. The van der Waals surface area contributed by atoms with E-state index in [0.717, 1.165) is 5.57 Å². The minimum atomic E-state index is -0.560. The predicted molar refractivity (Wildman–Crippen MR) is 133 cm³/mol. The Hall–Kier alpha value is -4.83. The van der Waals surface area contributed by atoms with Gasteiger partial charge in [-0.15, -0.1) is 0 Å². The number of carbonyl (C=O) groups excluding carboxylic acids is 2. The number of aromatic amines is 1. The van der Waals surface area contributed by atoms with Crippen molar-refractivity contribution in [1.29, 1.82) is 5.41 Å². The molecule has 9 nitrogen and oxygen atoms in total. The van der Waals surface area contributed by atoms with Crippen LogP contribution in [0.5, 0.6) is 11.5 Å². The van der Waals surface area contributed by atoms with Crippen molar-refractivity contribution in [1.82, 2.24) is 14.8 Å². The molecule has 0 radical (unpaired) electrons. The van der Waals surface area contributed by atoms with Crippen molar-refractivity contribution in [2.45, 2.75) is 0 Å². The summed E-state index contributed by atoms with van der Waals surface area (Å²) in [7, 11) is 1.44. The Labute approximate surface area is 207 Å². The van der Waals surface area contributed by atoms with Gasteiger partial charge in [-0.2, -0.15) is 4.98 Å². The molecular weight excluding hydrogens is 480 g/mol. The highest BCUT2D eigenvalue weighted by Gasteiger charge is 2.14. The second-order valence-corrected chi connectivity index (χ2v) is 8.65. The second kappa shape index (κ2) is 9.43. The molecule has 0 saturated heterocycles. The average Bonchev–Trinajstić information content (AvgIpc) is 3.32. The quantitative estimate of drug-likeness (QED) is 0.324. The number of ketones is 1. The molecule has 0 spiro atoms. The van der Waals surface area contributed by atoms with E-state index >= 15 is 0 Å². The number of nitrogens with one attached hydrogen (secondary N) is 2. The first-order valence-corrected chi connectivity index (χ1v) is 11.5. The van der Waals surface area contributed by atoms with Crippen LogP contribution in [0.1, 0.15) is 15.9 Å². The van der Waals surface area contributed by atoms with Gasteiger partial charge < -0.3 is 9.47 Å². The van der Waals surface area contributed by atoms with Gasteiger partial charge in [0.15, 0.2) is 22.8 Å². The zero-order chi connectivity index (χ0) is 25.2. The monoisotopic (exact) mass is 498 g/mol. The number of esters is 1. The Morgan fingerprint density at radius 2 is 1.81 bits per heavy atom. The Kier molecular flexibility index (Phi) is 6.01. The maximum Gasteiger partial charge on any atom is 0.343 e. The fraction of sp³-hybridized carbons (Fsp3) is 0.0385. The van der Waals surface area contributed by atoms with Crippen molar-refractivity contribution < 1.29 is 19.1 Å². The smallest absolute Gasteiger partial charge is 0.343 e. The van der Waals surface area contributed by atoms with Crippen LogP contribution in [0.2, 0.25) is 0 Å². The van der Waals surface area contributed by atoms with Gasteiger partial charge in [-0.05, 0) is 60.2 Å². The lowest BCUT2D eigenvalue weighted by Gasteiger charge is -2.10. The molecule has 0 atom stereocenters. The first-order chi connectivity index (χ1) is 17.4. The van der Waals surface area contributed by atoms with E-state index in [1.165, 1.54) is 41.4 Å². The fourth-order valence-electron chi connectivity index (χ4n) is 3.52. The maximum atomic E-state index is 12.7. The standard InChI is InChI=1S/C26H18N4O5S/c1-34-21-14-15(7-12-20(21)35-25(33)17-5-3-2-4-6-17)13-19-22(27)30-26(28-23(19)32)36-24(29-30)16-8-10-18(31)11-9-16/h2-14,27,29H,1H3/b19-13+,27-22?. The number of fused-ring (bicyclic) bond motifs is 1. The maximum absolute atomic E-state index is 12.7. The summed E-state index contributed by atoms with van der Waals surface area (Å²) in [5.74, 6) is -0.123. The van der Waals surface area contributed by atoms with Crippen LogP contribution in [0, 0.1) is 5.41 Å². The molecular formula is C26H18N4O5S. The summed E-state index contributed by atoms with van der Waals surface area (Å²) in [5, 5.41) is 12.0. The lowest BCUT2D eigenvalue weighted by atomic mass is 10.1. The summed E-state index contributed by atoms with van der Waals surface area (Å²) in [6.07, 6.45) is 7.74. The van der Waals surface area contributed by atoms with Gasteiger partial charge in [0.1, 0.15) is 4.66 Å². The highest BCUT2D eigenvalue weighted by Crippen LogP contribution is 2.29. The number of aromatic nitrogens is 3. The topological polar surface area (TPSA) is 127 Å². The van der Waals surface area contributed by atoms with Crippen LogP contribution < -0.4 is 30.4 Å². The lowest BCUT2D eigenvalue weighted by Crippen LogP contribution is -2.47. The highest BCUT2D eigenvalue weighted by molar-refractivity contribution is 7.11. The first kappa shape index (κ1) is 22.9. The van der Waals surface area contributed by atoms with Gasteiger partial charge in [0, 0.05) is 5.57 Å². The molecule has 2 aliphatic heterocycles. The van der Waals surface area contributed by atoms with Gasteiger partial charge in [-0.1, -0.05) is 35.6 Å². The second-order valence-electron chi connectivity index (χ2n) is 7.67. The van der Waals surface area contributed by atoms with Gasteiger partial charge in [-0.25, -0.2) is 9.48 Å². The van der Waals surface area contributed by atoms with Crippen LogP contribution in [0.4, 0.5) is 0 Å². The van der Waals surface area contributed by atoms with Crippen LogP contribution in [-0.4, -0.2) is 33.6 Å². The van der Waals surface area contributed by atoms with Gasteiger partial charge in [-0.3, -0.25) is 20.1 Å². The van der Waals surface area contributed by atoms with Gasteiger partial charge in [0.2, 0.25) is 5.13 Å². The van der Waals surface area contributed by atoms with E-state index in [-0.39, 0.29) is 22.2 Å². The zero-order valence-corrected chi connectivity index (χ0v) is 19.7. The molecule has 1 aliphatic carbocycles. The number of ether oxygens (including phenoxy) is 2. The minimum absolute atomic E-state index is 0.0686.